The zero-order valence-electron chi connectivity index (χ0n) is 22.3. The highest BCUT2D eigenvalue weighted by molar-refractivity contribution is 6.23. The first-order chi connectivity index (χ1) is 18.5. The van der Waals surface area contributed by atoms with Gasteiger partial charge >= 0.3 is 5.97 Å². The molecule has 1 unspecified atom stereocenters. The molecule has 0 radical (unpaired) electrons. The smallest absolute Gasteiger partial charge is 0.338 e. The molecule has 0 saturated carbocycles. The second-order valence-corrected chi connectivity index (χ2v) is 10.4. The number of rotatable bonds is 10. The maximum absolute atomic E-state index is 12.9. The van der Waals surface area contributed by atoms with Crippen molar-refractivity contribution in [3.63, 3.8) is 0 Å². The van der Waals surface area contributed by atoms with Crippen LogP contribution in [0.1, 0.15) is 83.9 Å². The predicted molar refractivity (Wildman–Crippen MR) is 140 cm³/mol. The number of piperidine rings is 1. The summed E-state index contributed by atoms with van der Waals surface area (Å²) in [6, 6.07) is 10.5. The van der Waals surface area contributed by atoms with Crippen molar-refractivity contribution in [2.45, 2.75) is 64.5 Å². The van der Waals surface area contributed by atoms with Gasteiger partial charge in [0.1, 0.15) is 23.1 Å². The standard InChI is InChI=1S/C29H32N2O8/c1-29(2,3)39-28(36)18-7-9-19(10-8-18)37-15-5-4-6-16-38-20-11-12-21-22(17-20)27(35)31(26(21)34)23-13-14-24(32)30-25(23)33/h7-12,17,23H,4-6,13-16H2,1-3H3,(H,30,32,33). The number of nitrogens with one attached hydrogen (secondary N) is 1. The molecule has 1 fully saturated rings. The molecule has 0 aliphatic carbocycles. The van der Waals surface area contributed by atoms with E-state index >= 15 is 0 Å². The third-order valence-electron chi connectivity index (χ3n) is 6.23. The fourth-order valence-corrected chi connectivity index (χ4v) is 4.33. The number of unbranched alkanes of at least 4 members (excludes halogenated alkanes) is 2. The van der Waals surface area contributed by atoms with Gasteiger partial charge < -0.3 is 14.2 Å². The normalized spacial score (nSPS) is 17.1. The number of amides is 4. The van der Waals surface area contributed by atoms with Crippen molar-refractivity contribution < 1.29 is 38.2 Å². The Kier molecular flexibility index (Phi) is 8.32. The molecule has 0 spiro atoms. The summed E-state index contributed by atoms with van der Waals surface area (Å²) in [5.41, 5.74) is 0.323. The number of ether oxygens (including phenoxy) is 3. The molecule has 10 heteroatoms. The zero-order chi connectivity index (χ0) is 28.2. The molecule has 2 aliphatic heterocycles. The molecule has 1 atom stereocenters. The third kappa shape index (κ3) is 6.81. The molecule has 1 N–H and O–H groups in total. The van der Waals surface area contributed by atoms with E-state index in [1.807, 2.05) is 20.8 Å². The minimum Gasteiger partial charge on any atom is -0.494 e. The molecule has 10 nitrogen and oxygen atoms in total. The van der Waals surface area contributed by atoms with E-state index < -0.39 is 35.3 Å². The minimum atomic E-state index is -0.996. The second kappa shape index (κ2) is 11.7. The summed E-state index contributed by atoms with van der Waals surface area (Å²) in [6.45, 7) is 6.39. The summed E-state index contributed by atoms with van der Waals surface area (Å²) in [6.07, 6.45) is 2.59. The van der Waals surface area contributed by atoms with Crippen LogP contribution >= 0.6 is 0 Å². The van der Waals surface area contributed by atoms with Gasteiger partial charge in [-0.15, -0.1) is 0 Å². The maximum Gasteiger partial charge on any atom is 0.338 e. The van der Waals surface area contributed by atoms with E-state index in [1.165, 1.54) is 12.1 Å². The van der Waals surface area contributed by atoms with Gasteiger partial charge in [-0.3, -0.25) is 29.4 Å². The number of esters is 1. The van der Waals surface area contributed by atoms with Crippen LogP contribution in [0, 0.1) is 0 Å². The zero-order valence-corrected chi connectivity index (χ0v) is 22.3. The van der Waals surface area contributed by atoms with Crippen LogP contribution in [0.3, 0.4) is 0 Å². The number of nitrogens with zero attached hydrogens (tertiary/aromatic N) is 1. The van der Waals surface area contributed by atoms with Gasteiger partial charge in [-0.2, -0.15) is 0 Å². The second-order valence-electron chi connectivity index (χ2n) is 10.4. The Hall–Kier alpha value is -4.21. The van der Waals surface area contributed by atoms with Gasteiger partial charge in [0, 0.05) is 6.42 Å². The number of imide groups is 2. The van der Waals surface area contributed by atoms with Crippen LogP contribution in [0.15, 0.2) is 42.5 Å². The lowest BCUT2D eigenvalue weighted by atomic mass is 10.0. The van der Waals surface area contributed by atoms with Crippen LogP contribution in [0.5, 0.6) is 11.5 Å². The van der Waals surface area contributed by atoms with Crippen LogP contribution < -0.4 is 14.8 Å². The average Bonchev–Trinajstić information content (AvgIpc) is 3.12. The summed E-state index contributed by atoms with van der Waals surface area (Å²) in [5, 5.41) is 2.18. The molecule has 2 heterocycles. The molecular weight excluding hydrogens is 504 g/mol. The quantitative estimate of drug-likeness (QED) is 0.277. The Bertz CT molecular complexity index is 1280. The highest BCUT2D eigenvalue weighted by Gasteiger charge is 2.44. The van der Waals surface area contributed by atoms with Gasteiger partial charge in [-0.05, 0) is 88.9 Å². The van der Waals surface area contributed by atoms with Crippen molar-refractivity contribution in [1.82, 2.24) is 10.2 Å². The van der Waals surface area contributed by atoms with Crippen molar-refractivity contribution >= 4 is 29.6 Å². The SMILES string of the molecule is CC(C)(C)OC(=O)c1ccc(OCCCCCOc2ccc3c(c2)C(=O)N(C2CCC(=O)NC2=O)C3=O)cc1. The Labute approximate surface area is 226 Å². The Morgan fingerprint density at radius 1 is 0.872 bits per heavy atom. The van der Waals surface area contributed by atoms with E-state index in [0.29, 0.717) is 30.3 Å². The number of carbonyl (C=O) groups is 5. The van der Waals surface area contributed by atoms with E-state index in [1.54, 1.807) is 30.3 Å². The highest BCUT2D eigenvalue weighted by Crippen LogP contribution is 2.30. The van der Waals surface area contributed by atoms with Crippen molar-refractivity contribution in [2.24, 2.45) is 0 Å². The van der Waals surface area contributed by atoms with E-state index in [9.17, 15) is 24.0 Å². The molecule has 1 saturated heterocycles. The van der Waals surface area contributed by atoms with Gasteiger partial charge in [0.2, 0.25) is 11.8 Å². The minimum absolute atomic E-state index is 0.0730. The lowest BCUT2D eigenvalue weighted by molar-refractivity contribution is -0.136. The van der Waals surface area contributed by atoms with Crippen LogP contribution in [0.4, 0.5) is 0 Å². The number of hydrogen-bond acceptors (Lipinski definition) is 8. The molecule has 0 aromatic heterocycles. The van der Waals surface area contributed by atoms with Crippen molar-refractivity contribution in [2.75, 3.05) is 13.2 Å². The maximum atomic E-state index is 12.9. The van der Waals surface area contributed by atoms with E-state index in [4.69, 9.17) is 14.2 Å². The van der Waals surface area contributed by atoms with Gasteiger partial charge in [0.15, 0.2) is 0 Å². The van der Waals surface area contributed by atoms with E-state index in [2.05, 4.69) is 5.32 Å². The summed E-state index contributed by atoms with van der Waals surface area (Å²) in [7, 11) is 0. The first-order valence-corrected chi connectivity index (χ1v) is 13.0. The monoisotopic (exact) mass is 536 g/mol. The highest BCUT2D eigenvalue weighted by atomic mass is 16.6. The first kappa shape index (κ1) is 27.8. The van der Waals surface area contributed by atoms with Crippen LogP contribution in [-0.2, 0) is 14.3 Å². The number of fused-ring (bicyclic) bond motifs is 1. The molecule has 0 bridgehead atoms. The van der Waals surface area contributed by atoms with Crippen molar-refractivity contribution in [1.29, 1.82) is 0 Å². The van der Waals surface area contributed by atoms with Gasteiger partial charge in [0.05, 0.1) is 29.9 Å². The Morgan fingerprint density at radius 3 is 2.13 bits per heavy atom. The lowest BCUT2D eigenvalue weighted by Crippen LogP contribution is -2.54. The van der Waals surface area contributed by atoms with Crippen molar-refractivity contribution in [3.05, 3.63) is 59.2 Å². The Balaban J connectivity index is 1.18. The molecule has 4 rings (SSSR count). The largest absolute Gasteiger partial charge is 0.494 e. The van der Waals surface area contributed by atoms with Crippen LogP contribution in [0.25, 0.3) is 0 Å². The predicted octanol–water partition coefficient (Wildman–Crippen LogP) is 3.67. The molecule has 2 aromatic carbocycles. The third-order valence-corrected chi connectivity index (χ3v) is 6.23. The van der Waals surface area contributed by atoms with Gasteiger partial charge in [0.25, 0.3) is 11.8 Å². The molecule has 206 valence electrons. The molecular formula is C29H32N2O8. The summed E-state index contributed by atoms with van der Waals surface area (Å²) >= 11 is 0. The lowest BCUT2D eigenvalue weighted by Gasteiger charge is -2.27. The van der Waals surface area contributed by atoms with Crippen LogP contribution in [0.2, 0.25) is 0 Å². The fourth-order valence-electron chi connectivity index (χ4n) is 4.33. The van der Waals surface area contributed by atoms with E-state index in [-0.39, 0.29) is 29.9 Å². The fraction of sp³-hybridized carbons (Fsp3) is 0.414. The summed E-state index contributed by atoms with van der Waals surface area (Å²) in [4.78, 5) is 62.3. The molecule has 4 amide bonds. The number of hydrogen-bond donors (Lipinski definition) is 1. The molecule has 2 aliphatic rings. The molecule has 2 aromatic rings. The summed E-state index contributed by atoms with van der Waals surface area (Å²) < 4.78 is 16.9. The number of carbonyl (C=O) groups excluding carboxylic acids is 5. The number of benzene rings is 2. The topological polar surface area (TPSA) is 128 Å². The summed E-state index contributed by atoms with van der Waals surface area (Å²) in [5.74, 6) is -1.41. The van der Waals surface area contributed by atoms with E-state index in [0.717, 1.165) is 24.2 Å². The van der Waals surface area contributed by atoms with Crippen LogP contribution in [-0.4, -0.2) is 59.4 Å². The van der Waals surface area contributed by atoms with Gasteiger partial charge in [-0.1, -0.05) is 0 Å². The Morgan fingerprint density at radius 2 is 1.49 bits per heavy atom. The first-order valence-electron chi connectivity index (χ1n) is 13.0. The van der Waals surface area contributed by atoms with Gasteiger partial charge in [-0.25, -0.2) is 4.79 Å². The molecule has 39 heavy (non-hydrogen) atoms. The van der Waals surface area contributed by atoms with Crippen molar-refractivity contribution in [3.8, 4) is 11.5 Å². The average molecular weight is 537 g/mol.